The van der Waals surface area contributed by atoms with Crippen LogP contribution in [0, 0.1) is 6.92 Å². The maximum Gasteiger partial charge on any atom is 0.256 e. The first-order valence-electron chi connectivity index (χ1n) is 3.34. The van der Waals surface area contributed by atoms with Crippen LogP contribution in [0.4, 0.5) is 0 Å². The van der Waals surface area contributed by atoms with Crippen LogP contribution in [-0.2, 0) is 0 Å². The fraction of sp³-hybridized carbons (Fsp3) is 0.429. The van der Waals surface area contributed by atoms with Gasteiger partial charge >= 0.3 is 0 Å². The molecule has 0 radical (unpaired) electrons. The highest BCUT2D eigenvalue weighted by Gasteiger charge is 2.11. The number of aromatic amines is 1. The van der Waals surface area contributed by atoms with E-state index in [1.807, 2.05) is 6.92 Å². The Bertz CT molecular complexity index is 264. The van der Waals surface area contributed by atoms with E-state index in [0.29, 0.717) is 5.56 Å². The lowest BCUT2D eigenvalue weighted by molar-refractivity contribution is 0.0827. The second-order valence-corrected chi connectivity index (χ2v) is 2.61. The standard InChI is InChI=1S/C7H11N3O/c1-5-6(4-8-9-5)7(11)10(2)3/h4H,1-3H3,(H,8,9). The first kappa shape index (κ1) is 7.78. The lowest BCUT2D eigenvalue weighted by Gasteiger charge is -2.08. The second kappa shape index (κ2) is 2.74. The van der Waals surface area contributed by atoms with Gasteiger partial charge in [0.2, 0.25) is 0 Å². The fourth-order valence-corrected chi connectivity index (χ4v) is 0.807. The lowest BCUT2D eigenvalue weighted by Crippen LogP contribution is -2.21. The van der Waals surface area contributed by atoms with Crippen molar-refractivity contribution in [1.82, 2.24) is 15.1 Å². The SMILES string of the molecule is Cc1[nH]ncc1C(=O)N(C)C. The Morgan fingerprint density at radius 1 is 1.64 bits per heavy atom. The highest BCUT2D eigenvalue weighted by molar-refractivity contribution is 5.94. The van der Waals surface area contributed by atoms with Crippen LogP contribution < -0.4 is 0 Å². The quantitative estimate of drug-likeness (QED) is 0.635. The summed E-state index contributed by atoms with van der Waals surface area (Å²) in [4.78, 5) is 12.8. The van der Waals surface area contributed by atoms with E-state index in [1.54, 1.807) is 14.1 Å². The van der Waals surface area contributed by atoms with Crippen LogP contribution in [0.2, 0.25) is 0 Å². The number of rotatable bonds is 1. The number of hydrogen-bond donors (Lipinski definition) is 1. The summed E-state index contributed by atoms with van der Waals surface area (Å²) in [5.74, 6) is -0.0174. The van der Waals surface area contributed by atoms with Gasteiger partial charge in [0.05, 0.1) is 11.8 Å². The molecule has 1 N–H and O–H groups in total. The molecule has 0 aliphatic carbocycles. The highest BCUT2D eigenvalue weighted by Crippen LogP contribution is 2.04. The minimum Gasteiger partial charge on any atom is -0.345 e. The van der Waals surface area contributed by atoms with Crippen LogP contribution in [0.3, 0.4) is 0 Å². The van der Waals surface area contributed by atoms with Crippen molar-refractivity contribution in [3.05, 3.63) is 17.5 Å². The average Bonchev–Trinajstić information content (AvgIpc) is 2.33. The van der Waals surface area contributed by atoms with Gasteiger partial charge in [-0.15, -0.1) is 0 Å². The molecule has 0 aliphatic heterocycles. The largest absolute Gasteiger partial charge is 0.345 e. The molecular formula is C7H11N3O. The molecular weight excluding hydrogens is 142 g/mol. The molecule has 0 bridgehead atoms. The molecule has 0 saturated carbocycles. The van der Waals surface area contributed by atoms with Crippen LogP contribution >= 0.6 is 0 Å². The topological polar surface area (TPSA) is 49.0 Å². The molecule has 1 amide bonds. The summed E-state index contributed by atoms with van der Waals surface area (Å²) in [6.45, 7) is 1.82. The van der Waals surface area contributed by atoms with Crippen LogP contribution in [0.15, 0.2) is 6.20 Å². The summed E-state index contributed by atoms with van der Waals surface area (Å²) < 4.78 is 0. The second-order valence-electron chi connectivity index (χ2n) is 2.61. The predicted octanol–water partition coefficient (Wildman–Crippen LogP) is 0.420. The van der Waals surface area contributed by atoms with Gasteiger partial charge in [-0.05, 0) is 6.92 Å². The van der Waals surface area contributed by atoms with Gasteiger partial charge in [-0.1, -0.05) is 0 Å². The average molecular weight is 153 g/mol. The van der Waals surface area contributed by atoms with Crippen LogP contribution in [0.25, 0.3) is 0 Å². The molecule has 1 rings (SSSR count). The van der Waals surface area contributed by atoms with Gasteiger partial charge in [0, 0.05) is 19.8 Å². The third-order valence-corrected chi connectivity index (χ3v) is 1.47. The molecule has 0 fully saturated rings. The Labute approximate surface area is 65.2 Å². The molecule has 4 heteroatoms. The summed E-state index contributed by atoms with van der Waals surface area (Å²) >= 11 is 0. The molecule has 1 aromatic rings. The Balaban J connectivity index is 2.93. The number of aromatic nitrogens is 2. The zero-order chi connectivity index (χ0) is 8.43. The molecule has 1 aromatic heterocycles. The van der Waals surface area contributed by atoms with E-state index in [0.717, 1.165) is 5.69 Å². The maximum atomic E-state index is 11.3. The van der Waals surface area contributed by atoms with Crippen LogP contribution in [0.1, 0.15) is 16.1 Å². The number of carbonyl (C=O) groups excluding carboxylic acids is 1. The highest BCUT2D eigenvalue weighted by atomic mass is 16.2. The smallest absolute Gasteiger partial charge is 0.256 e. The van der Waals surface area contributed by atoms with Gasteiger partial charge in [-0.2, -0.15) is 5.10 Å². The minimum absolute atomic E-state index is 0.0174. The molecule has 1 heterocycles. The zero-order valence-electron chi connectivity index (χ0n) is 6.88. The number of hydrogen-bond acceptors (Lipinski definition) is 2. The molecule has 0 aliphatic rings. The first-order chi connectivity index (χ1) is 5.13. The van der Waals surface area contributed by atoms with Gasteiger partial charge in [0.25, 0.3) is 5.91 Å². The molecule has 0 aromatic carbocycles. The monoisotopic (exact) mass is 153 g/mol. The zero-order valence-corrected chi connectivity index (χ0v) is 6.88. The van der Waals surface area contributed by atoms with Crippen molar-refractivity contribution in [2.75, 3.05) is 14.1 Å². The van der Waals surface area contributed by atoms with E-state index < -0.39 is 0 Å². The van der Waals surface area contributed by atoms with E-state index in [2.05, 4.69) is 10.2 Å². The molecule has 0 spiro atoms. The van der Waals surface area contributed by atoms with Crippen molar-refractivity contribution in [2.45, 2.75) is 6.92 Å². The number of amides is 1. The third-order valence-electron chi connectivity index (χ3n) is 1.47. The summed E-state index contributed by atoms with van der Waals surface area (Å²) in [5, 5.41) is 6.46. The Morgan fingerprint density at radius 3 is 2.64 bits per heavy atom. The molecule has 11 heavy (non-hydrogen) atoms. The van der Waals surface area contributed by atoms with Crippen molar-refractivity contribution in [3.63, 3.8) is 0 Å². The summed E-state index contributed by atoms with van der Waals surface area (Å²) in [7, 11) is 3.43. The third kappa shape index (κ3) is 1.39. The van der Waals surface area contributed by atoms with Gasteiger partial charge in [0.1, 0.15) is 0 Å². The molecule has 4 nitrogen and oxygen atoms in total. The Kier molecular flexibility index (Phi) is 1.94. The minimum atomic E-state index is -0.0174. The number of aryl methyl sites for hydroxylation is 1. The number of carbonyl (C=O) groups is 1. The number of nitrogens with zero attached hydrogens (tertiary/aromatic N) is 2. The van der Waals surface area contributed by atoms with Crippen molar-refractivity contribution < 1.29 is 4.79 Å². The van der Waals surface area contributed by atoms with E-state index >= 15 is 0 Å². The predicted molar refractivity (Wildman–Crippen MR) is 41.3 cm³/mol. The maximum absolute atomic E-state index is 11.3. The summed E-state index contributed by atoms with van der Waals surface area (Å²) in [6, 6.07) is 0. The van der Waals surface area contributed by atoms with E-state index in [4.69, 9.17) is 0 Å². The van der Waals surface area contributed by atoms with Gasteiger partial charge in [0.15, 0.2) is 0 Å². The molecule has 60 valence electrons. The van der Waals surface area contributed by atoms with Crippen molar-refractivity contribution in [1.29, 1.82) is 0 Å². The van der Waals surface area contributed by atoms with Gasteiger partial charge < -0.3 is 4.90 Å². The Hall–Kier alpha value is -1.32. The summed E-state index contributed by atoms with van der Waals surface area (Å²) in [6.07, 6.45) is 1.54. The molecule has 0 saturated heterocycles. The lowest BCUT2D eigenvalue weighted by atomic mass is 10.2. The van der Waals surface area contributed by atoms with Gasteiger partial charge in [-0.25, -0.2) is 0 Å². The van der Waals surface area contributed by atoms with Crippen LogP contribution in [0.5, 0.6) is 0 Å². The number of H-pyrrole nitrogens is 1. The van der Waals surface area contributed by atoms with Crippen molar-refractivity contribution in [3.8, 4) is 0 Å². The van der Waals surface area contributed by atoms with E-state index in [9.17, 15) is 4.79 Å². The normalized spacial score (nSPS) is 9.73. The first-order valence-corrected chi connectivity index (χ1v) is 3.34. The molecule has 0 unspecified atom stereocenters. The van der Waals surface area contributed by atoms with Gasteiger partial charge in [-0.3, -0.25) is 9.89 Å². The van der Waals surface area contributed by atoms with Crippen molar-refractivity contribution >= 4 is 5.91 Å². The number of nitrogens with one attached hydrogen (secondary N) is 1. The van der Waals surface area contributed by atoms with Crippen molar-refractivity contribution in [2.24, 2.45) is 0 Å². The fourth-order valence-electron chi connectivity index (χ4n) is 0.807. The Morgan fingerprint density at radius 2 is 2.27 bits per heavy atom. The molecule has 0 atom stereocenters. The summed E-state index contributed by atoms with van der Waals surface area (Å²) in [5.41, 5.74) is 1.44. The van der Waals surface area contributed by atoms with E-state index in [1.165, 1.54) is 11.1 Å². The van der Waals surface area contributed by atoms with Crippen LogP contribution in [-0.4, -0.2) is 35.1 Å². The van der Waals surface area contributed by atoms with E-state index in [-0.39, 0.29) is 5.91 Å².